The van der Waals surface area contributed by atoms with Crippen LogP contribution in [-0.4, -0.2) is 4.98 Å². The summed E-state index contributed by atoms with van der Waals surface area (Å²) in [7, 11) is 0. The SMILES string of the molecule is Nc1ccc(Nc2cc(Br)c(F)cc2F)nc1. The van der Waals surface area contributed by atoms with Gasteiger partial charge in [0.2, 0.25) is 0 Å². The van der Waals surface area contributed by atoms with Gasteiger partial charge in [0.25, 0.3) is 0 Å². The first-order chi connectivity index (χ1) is 8.06. The van der Waals surface area contributed by atoms with Crippen LogP contribution >= 0.6 is 15.9 Å². The predicted molar refractivity (Wildman–Crippen MR) is 66.0 cm³/mol. The highest BCUT2D eigenvalue weighted by Crippen LogP contribution is 2.25. The van der Waals surface area contributed by atoms with Crippen LogP contribution in [-0.2, 0) is 0 Å². The fourth-order valence-corrected chi connectivity index (χ4v) is 1.58. The summed E-state index contributed by atoms with van der Waals surface area (Å²) >= 11 is 2.98. The number of pyridine rings is 1. The third kappa shape index (κ3) is 2.71. The summed E-state index contributed by atoms with van der Waals surface area (Å²) in [6, 6.07) is 5.34. The lowest BCUT2D eigenvalue weighted by Crippen LogP contribution is -1.98. The Morgan fingerprint density at radius 3 is 2.59 bits per heavy atom. The number of aromatic nitrogens is 1. The second-order valence-electron chi connectivity index (χ2n) is 3.35. The Hall–Kier alpha value is -1.69. The maximum absolute atomic E-state index is 13.4. The summed E-state index contributed by atoms with van der Waals surface area (Å²) in [6.07, 6.45) is 1.44. The maximum atomic E-state index is 13.4. The van der Waals surface area contributed by atoms with Crippen LogP contribution in [0.15, 0.2) is 34.9 Å². The molecule has 0 saturated carbocycles. The number of nitrogen functional groups attached to an aromatic ring is 1. The monoisotopic (exact) mass is 299 g/mol. The third-order valence-electron chi connectivity index (χ3n) is 2.06. The first-order valence-electron chi connectivity index (χ1n) is 4.69. The molecule has 0 spiro atoms. The Balaban J connectivity index is 2.30. The van der Waals surface area contributed by atoms with Crippen molar-refractivity contribution in [2.45, 2.75) is 0 Å². The van der Waals surface area contributed by atoms with E-state index in [1.54, 1.807) is 12.1 Å². The molecule has 0 aliphatic rings. The van der Waals surface area contributed by atoms with Crippen LogP contribution in [0.3, 0.4) is 0 Å². The van der Waals surface area contributed by atoms with Gasteiger partial charge in [-0.05, 0) is 34.1 Å². The zero-order valence-corrected chi connectivity index (χ0v) is 10.1. The Labute approximate surface area is 105 Å². The van der Waals surface area contributed by atoms with Crippen molar-refractivity contribution in [3.8, 4) is 0 Å². The lowest BCUT2D eigenvalue weighted by molar-refractivity contribution is 0.581. The molecule has 0 fully saturated rings. The molecule has 6 heteroatoms. The molecular weight excluding hydrogens is 292 g/mol. The average Bonchev–Trinajstić information content (AvgIpc) is 2.29. The standard InChI is InChI=1S/C11H8BrF2N3/c12-7-3-10(9(14)4-8(7)13)17-11-2-1-6(15)5-16-11/h1-5H,15H2,(H,16,17). The molecule has 1 aromatic heterocycles. The Morgan fingerprint density at radius 2 is 1.94 bits per heavy atom. The molecular formula is C11H8BrF2N3. The maximum Gasteiger partial charge on any atom is 0.149 e. The first kappa shape index (κ1) is 11.8. The summed E-state index contributed by atoms with van der Waals surface area (Å²) in [6.45, 7) is 0. The zero-order valence-electron chi connectivity index (χ0n) is 8.55. The lowest BCUT2D eigenvalue weighted by atomic mass is 10.3. The number of nitrogens with zero attached hydrogens (tertiary/aromatic N) is 1. The van der Waals surface area contributed by atoms with E-state index in [0.717, 1.165) is 6.07 Å². The Bertz CT molecular complexity index is 543. The molecule has 2 aromatic rings. The van der Waals surface area contributed by atoms with Crippen LogP contribution in [0.1, 0.15) is 0 Å². The highest BCUT2D eigenvalue weighted by Gasteiger charge is 2.08. The number of hydrogen-bond donors (Lipinski definition) is 2. The lowest BCUT2D eigenvalue weighted by Gasteiger charge is -2.07. The smallest absolute Gasteiger partial charge is 0.149 e. The van der Waals surface area contributed by atoms with E-state index in [2.05, 4.69) is 26.2 Å². The fraction of sp³-hybridized carbons (Fsp3) is 0. The second kappa shape index (κ2) is 4.67. The Morgan fingerprint density at radius 1 is 1.18 bits per heavy atom. The molecule has 0 saturated heterocycles. The molecule has 1 aromatic carbocycles. The molecule has 88 valence electrons. The topological polar surface area (TPSA) is 50.9 Å². The van der Waals surface area contributed by atoms with E-state index in [1.807, 2.05) is 0 Å². The van der Waals surface area contributed by atoms with E-state index in [0.29, 0.717) is 11.5 Å². The van der Waals surface area contributed by atoms with Crippen LogP contribution in [0.2, 0.25) is 0 Å². The summed E-state index contributed by atoms with van der Waals surface area (Å²) in [5, 5.41) is 2.73. The van der Waals surface area contributed by atoms with Gasteiger partial charge in [0.1, 0.15) is 17.5 Å². The molecule has 17 heavy (non-hydrogen) atoms. The van der Waals surface area contributed by atoms with Crippen molar-refractivity contribution in [3.63, 3.8) is 0 Å². The van der Waals surface area contributed by atoms with Crippen molar-refractivity contribution in [1.29, 1.82) is 0 Å². The number of nitrogens with one attached hydrogen (secondary N) is 1. The van der Waals surface area contributed by atoms with Gasteiger partial charge in [0.15, 0.2) is 0 Å². The fourth-order valence-electron chi connectivity index (χ4n) is 1.24. The molecule has 0 aliphatic heterocycles. The van der Waals surface area contributed by atoms with E-state index in [9.17, 15) is 8.78 Å². The van der Waals surface area contributed by atoms with Crippen molar-refractivity contribution in [2.75, 3.05) is 11.1 Å². The van der Waals surface area contributed by atoms with Gasteiger partial charge >= 0.3 is 0 Å². The summed E-state index contributed by atoms with van der Waals surface area (Å²) in [5.41, 5.74) is 6.12. The van der Waals surface area contributed by atoms with Crippen molar-refractivity contribution < 1.29 is 8.78 Å². The highest BCUT2D eigenvalue weighted by atomic mass is 79.9. The molecule has 0 amide bonds. The van der Waals surface area contributed by atoms with Gasteiger partial charge in [-0.3, -0.25) is 0 Å². The van der Waals surface area contributed by atoms with Gasteiger partial charge in [-0.1, -0.05) is 0 Å². The van der Waals surface area contributed by atoms with E-state index in [-0.39, 0.29) is 10.2 Å². The van der Waals surface area contributed by atoms with Crippen molar-refractivity contribution in [2.24, 2.45) is 0 Å². The van der Waals surface area contributed by atoms with Gasteiger partial charge in [-0.25, -0.2) is 13.8 Å². The van der Waals surface area contributed by atoms with Gasteiger partial charge < -0.3 is 11.1 Å². The molecule has 3 nitrogen and oxygen atoms in total. The molecule has 2 rings (SSSR count). The number of hydrogen-bond acceptors (Lipinski definition) is 3. The largest absolute Gasteiger partial charge is 0.397 e. The molecule has 0 radical (unpaired) electrons. The van der Waals surface area contributed by atoms with Crippen molar-refractivity contribution >= 4 is 33.1 Å². The highest BCUT2D eigenvalue weighted by molar-refractivity contribution is 9.10. The number of nitrogens with two attached hydrogens (primary N) is 1. The third-order valence-corrected chi connectivity index (χ3v) is 2.67. The molecule has 0 bridgehead atoms. The molecule has 0 aliphatic carbocycles. The van der Waals surface area contributed by atoms with E-state index in [4.69, 9.17) is 5.73 Å². The number of benzene rings is 1. The first-order valence-corrected chi connectivity index (χ1v) is 5.48. The minimum absolute atomic E-state index is 0.135. The summed E-state index contributed by atoms with van der Waals surface area (Å²) < 4.78 is 26.6. The zero-order chi connectivity index (χ0) is 12.4. The van der Waals surface area contributed by atoms with Gasteiger partial charge in [0.05, 0.1) is 22.0 Å². The number of rotatable bonds is 2. The van der Waals surface area contributed by atoms with Crippen molar-refractivity contribution in [3.05, 3.63) is 46.6 Å². The van der Waals surface area contributed by atoms with Gasteiger partial charge in [0, 0.05) is 6.07 Å². The Kier molecular flexibility index (Phi) is 3.23. The van der Waals surface area contributed by atoms with Crippen LogP contribution in [0.4, 0.5) is 26.0 Å². The quantitative estimate of drug-likeness (QED) is 0.835. The second-order valence-corrected chi connectivity index (χ2v) is 4.20. The van der Waals surface area contributed by atoms with E-state index >= 15 is 0 Å². The normalized spacial score (nSPS) is 10.3. The van der Waals surface area contributed by atoms with Crippen molar-refractivity contribution in [1.82, 2.24) is 4.98 Å². The molecule has 1 heterocycles. The minimum atomic E-state index is -0.690. The molecule has 3 N–H and O–H groups in total. The van der Waals surface area contributed by atoms with Crippen LogP contribution in [0, 0.1) is 11.6 Å². The summed E-state index contributed by atoms with van der Waals surface area (Å²) in [4.78, 5) is 3.95. The molecule has 0 atom stereocenters. The molecule has 0 unspecified atom stereocenters. The van der Waals surface area contributed by atoms with Gasteiger partial charge in [-0.15, -0.1) is 0 Å². The minimum Gasteiger partial charge on any atom is -0.397 e. The van der Waals surface area contributed by atoms with Crippen LogP contribution in [0.25, 0.3) is 0 Å². The number of anilines is 3. The summed E-state index contributed by atoms with van der Waals surface area (Å²) in [5.74, 6) is -0.917. The number of halogens is 3. The predicted octanol–water partition coefficient (Wildman–Crippen LogP) is 3.45. The van der Waals surface area contributed by atoms with Crippen LogP contribution < -0.4 is 11.1 Å². The van der Waals surface area contributed by atoms with Crippen LogP contribution in [0.5, 0.6) is 0 Å². The van der Waals surface area contributed by atoms with Gasteiger partial charge in [-0.2, -0.15) is 0 Å². The van der Waals surface area contributed by atoms with E-state index < -0.39 is 11.6 Å². The van der Waals surface area contributed by atoms with E-state index in [1.165, 1.54) is 12.3 Å². The average molecular weight is 300 g/mol.